The Morgan fingerprint density at radius 2 is 1.79 bits per heavy atom. The van der Waals surface area contributed by atoms with Gasteiger partial charge in [-0.25, -0.2) is 8.78 Å². The lowest BCUT2D eigenvalue weighted by Gasteiger charge is -2.06. The molecular weight excluding hydrogens is 324 g/mol. The van der Waals surface area contributed by atoms with E-state index in [1.165, 1.54) is 12.1 Å². The molecule has 2 aromatic carbocycles. The van der Waals surface area contributed by atoms with E-state index in [1.807, 2.05) is 6.92 Å². The Morgan fingerprint density at radius 3 is 2.38 bits per heavy atom. The molecule has 0 fully saturated rings. The fourth-order valence-electron chi connectivity index (χ4n) is 2.29. The summed E-state index contributed by atoms with van der Waals surface area (Å²) in [6.07, 6.45) is 1.35. The number of allylic oxidation sites excluding steroid dienone is 4. The minimum Gasteiger partial charge on any atom is -0.207 e. The Balaban J connectivity index is 2.35. The molecule has 0 spiro atoms. The number of hydrogen-bond donors (Lipinski definition) is 0. The molecule has 0 saturated carbocycles. The summed E-state index contributed by atoms with van der Waals surface area (Å²) in [5, 5.41) is 2.29. The minimum atomic E-state index is -0.404. The fourth-order valence-corrected chi connectivity index (χ4v) is 2.40. The van der Waals surface area contributed by atoms with E-state index < -0.39 is 5.83 Å². The highest BCUT2D eigenvalue weighted by molar-refractivity contribution is 7.78. The summed E-state index contributed by atoms with van der Waals surface area (Å²) in [6, 6.07) is 11.9. The first-order valence-corrected chi connectivity index (χ1v) is 7.82. The second-order valence-electron chi connectivity index (χ2n) is 5.53. The zero-order valence-corrected chi connectivity index (χ0v) is 14.5. The zero-order chi connectivity index (χ0) is 17.7. The van der Waals surface area contributed by atoms with Gasteiger partial charge in [-0.1, -0.05) is 24.3 Å². The summed E-state index contributed by atoms with van der Waals surface area (Å²) in [5.74, 6) is -0.754. The van der Waals surface area contributed by atoms with Gasteiger partial charge in [0, 0.05) is 5.56 Å². The first-order valence-electron chi connectivity index (χ1n) is 7.42. The van der Waals surface area contributed by atoms with Gasteiger partial charge in [0.2, 0.25) is 0 Å². The van der Waals surface area contributed by atoms with Gasteiger partial charge in [0.1, 0.15) is 11.6 Å². The van der Waals surface area contributed by atoms with Crippen LogP contribution in [0.1, 0.15) is 30.5 Å². The number of aliphatic imine (C=N–C) groups is 1. The largest absolute Gasteiger partial charge is 0.207 e. The van der Waals surface area contributed by atoms with Gasteiger partial charge in [0.05, 0.1) is 10.8 Å². The third-order valence-corrected chi connectivity index (χ3v) is 3.82. The Kier molecular flexibility index (Phi) is 5.91. The quantitative estimate of drug-likeness (QED) is 0.343. The maximum atomic E-state index is 14.5. The highest BCUT2D eigenvalue weighted by atomic mass is 32.1. The molecule has 0 bridgehead atoms. The molecule has 0 radical (unpaired) electrons. The molecule has 0 aliphatic carbocycles. The van der Waals surface area contributed by atoms with Gasteiger partial charge in [-0.05, 0) is 79.5 Å². The summed E-state index contributed by atoms with van der Waals surface area (Å²) in [4.78, 5) is 3.86. The molecule has 122 valence electrons. The van der Waals surface area contributed by atoms with E-state index in [1.54, 1.807) is 50.2 Å². The minimum absolute atomic E-state index is 0.350. The van der Waals surface area contributed by atoms with E-state index in [0.29, 0.717) is 22.4 Å². The maximum absolute atomic E-state index is 14.5. The average Bonchev–Trinajstić information content (AvgIpc) is 2.55. The predicted molar refractivity (Wildman–Crippen MR) is 99.6 cm³/mol. The molecule has 0 atom stereocenters. The van der Waals surface area contributed by atoms with Gasteiger partial charge in [-0.3, -0.25) is 0 Å². The van der Waals surface area contributed by atoms with Crippen molar-refractivity contribution in [3.05, 3.63) is 76.9 Å². The summed E-state index contributed by atoms with van der Waals surface area (Å²) in [5.41, 5.74) is 3.62. The zero-order valence-electron chi connectivity index (χ0n) is 13.7. The Labute approximate surface area is 146 Å². The lowest BCUT2D eigenvalue weighted by atomic mass is 10.0. The topological polar surface area (TPSA) is 12.4 Å². The summed E-state index contributed by atoms with van der Waals surface area (Å²) >= 11 is 4.55. The normalized spacial score (nSPS) is 12.5. The fraction of sp³-hybridized carbons (Fsp3) is 0.150. The lowest BCUT2D eigenvalue weighted by Crippen LogP contribution is -1.89. The maximum Gasteiger partial charge on any atom is 0.130 e. The third kappa shape index (κ3) is 4.31. The highest BCUT2D eigenvalue weighted by Crippen LogP contribution is 2.26. The van der Waals surface area contributed by atoms with Crippen molar-refractivity contribution < 1.29 is 8.78 Å². The molecule has 0 unspecified atom stereocenters. The highest BCUT2D eigenvalue weighted by Gasteiger charge is 2.07. The van der Waals surface area contributed by atoms with Crippen LogP contribution >= 0.6 is 12.2 Å². The number of nitrogens with zero attached hydrogens (tertiary/aromatic N) is 1. The molecular formula is C20H17F2NS. The molecule has 4 heteroatoms. The van der Waals surface area contributed by atoms with Crippen molar-refractivity contribution in [2.45, 2.75) is 20.8 Å². The second-order valence-corrected chi connectivity index (χ2v) is 5.72. The average molecular weight is 341 g/mol. The van der Waals surface area contributed by atoms with Crippen LogP contribution in [0.25, 0.3) is 11.1 Å². The van der Waals surface area contributed by atoms with Crippen molar-refractivity contribution in [1.29, 1.82) is 0 Å². The molecule has 0 aromatic heterocycles. The van der Waals surface area contributed by atoms with Crippen LogP contribution in [0.5, 0.6) is 0 Å². The molecule has 2 rings (SSSR count). The van der Waals surface area contributed by atoms with E-state index >= 15 is 0 Å². The van der Waals surface area contributed by atoms with Gasteiger partial charge in [-0.15, -0.1) is 0 Å². The van der Waals surface area contributed by atoms with E-state index in [-0.39, 0.29) is 5.82 Å². The standard InChI is InChI=1S/C20H17F2NS/c1-13-4-9-18(20(22)10-13)14(2)11-19(21)15(3)16-5-7-17(8-6-16)23-12-24/h4-11H,1-3H3/b14-11+,19-15-. The summed E-state index contributed by atoms with van der Waals surface area (Å²) < 4.78 is 28.5. The summed E-state index contributed by atoms with van der Waals surface area (Å²) in [6.45, 7) is 5.19. The molecule has 0 aliphatic rings. The second kappa shape index (κ2) is 7.91. The van der Waals surface area contributed by atoms with Crippen molar-refractivity contribution >= 4 is 34.2 Å². The van der Waals surface area contributed by atoms with E-state index in [4.69, 9.17) is 0 Å². The van der Waals surface area contributed by atoms with Crippen molar-refractivity contribution in [3.63, 3.8) is 0 Å². The number of thiocarbonyl (C=S) groups is 1. The SMILES string of the molecule is C/C(=C(F)\C=C(/C)c1ccc(C)cc1F)c1ccc(N=C=S)cc1. The molecule has 2 aromatic rings. The molecule has 0 N–H and O–H groups in total. The van der Waals surface area contributed by atoms with Crippen LogP contribution in [-0.4, -0.2) is 5.16 Å². The van der Waals surface area contributed by atoms with Crippen molar-refractivity contribution in [2.24, 2.45) is 4.99 Å². The number of isothiocyanates is 1. The van der Waals surface area contributed by atoms with Crippen LogP contribution in [0.2, 0.25) is 0 Å². The number of halogens is 2. The van der Waals surface area contributed by atoms with E-state index in [2.05, 4.69) is 22.4 Å². The molecule has 1 nitrogen and oxygen atoms in total. The Morgan fingerprint density at radius 1 is 1.12 bits per heavy atom. The van der Waals surface area contributed by atoms with Gasteiger partial charge >= 0.3 is 0 Å². The van der Waals surface area contributed by atoms with Crippen LogP contribution < -0.4 is 0 Å². The van der Waals surface area contributed by atoms with Crippen LogP contribution in [-0.2, 0) is 0 Å². The Hall–Kier alpha value is -2.42. The van der Waals surface area contributed by atoms with Gasteiger partial charge in [-0.2, -0.15) is 4.99 Å². The molecule has 0 heterocycles. The number of hydrogen-bond acceptors (Lipinski definition) is 2. The van der Waals surface area contributed by atoms with E-state index in [9.17, 15) is 8.78 Å². The van der Waals surface area contributed by atoms with Crippen molar-refractivity contribution in [3.8, 4) is 0 Å². The molecule has 0 amide bonds. The first kappa shape index (κ1) is 17.9. The monoisotopic (exact) mass is 341 g/mol. The third-order valence-electron chi connectivity index (χ3n) is 3.73. The van der Waals surface area contributed by atoms with Gasteiger partial charge in [0.25, 0.3) is 0 Å². The molecule has 0 aliphatic heterocycles. The Bertz CT molecular complexity index is 858. The number of benzene rings is 2. The van der Waals surface area contributed by atoms with Gasteiger partial charge < -0.3 is 0 Å². The van der Waals surface area contributed by atoms with Crippen LogP contribution in [0.4, 0.5) is 14.5 Å². The first-order chi connectivity index (χ1) is 11.4. The summed E-state index contributed by atoms with van der Waals surface area (Å²) in [7, 11) is 0. The van der Waals surface area contributed by atoms with Crippen LogP contribution in [0, 0.1) is 12.7 Å². The number of aryl methyl sites for hydroxylation is 1. The van der Waals surface area contributed by atoms with Crippen LogP contribution in [0.3, 0.4) is 0 Å². The van der Waals surface area contributed by atoms with E-state index in [0.717, 1.165) is 11.1 Å². The van der Waals surface area contributed by atoms with Crippen molar-refractivity contribution in [2.75, 3.05) is 0 Å². The van der Waals surface area contributed by atoms with Crippen molar-refractivity contribution in [1.82, 2.24) is 0 Å². The molecule has 24 heavy (non-hydrogen) atoms. The number of rotatable bonds is 4. The predicted octanol–water partition coefficient (Wildman–Crippen LogP) is 6.67. The lowest BCUT2D eigenvalue weighted by molar-refractivity contribution is 0.622. The smallest absolute Gasteiger partial charge is 0.130 e. The van der Waals surface area contributed by atoms with Gasteiger partial charge in [0.15, 0.2) is 0 Å². The molecule has 0 saturated heterocycles. The van der Waals surface area contributed by atoms with Crippen LogP contribution in [0.15, 0.2) is 59.4 Å².